The van der Waals surface area contributed by atoms with Gasteiger partial charge in [0.2, 0.25) is 0 Å². The number of ether oxygens (including phenoxy) is 2. The van der Waals surface area contributed by atoms with E-state index >= 15 is 0 Å². The first kappa shape index (κ1) is 13.3. The van der Waals surface area contributed by atoms with Crippen LogP contribution in [0.5, 0.6) is 0 Å². The second-order valence-electron chi connectivity index (χ2n) is 4.00. The Kier molecular flexibility index (Phi) is 4.51. The molecule has 0 amide bonds. The lowest BCUT2D eigenvalue weighted by molar-refractivity contribution is -0.139. The molecule has 7 heteroatoms. The van der Waals surface area contributed by atoms with Gasteiger partial charge in [-0.1, -0.05) is 0 Å². The maximum atomic E-state index is 11.1. The van der Waals surface area contributed by atoms with Gasteiger partial charge < -0.3 is 19.5 Å². The summed E-state index contributed by atoms with van der Waals surface area (Å²) in [5.41, 5.74) is 0.717. The van der Waals surface area contributed by atoms with E-state index in [4.69, 9.17) is 9.84 Å². The molecule has 0 saturated carbocycles. The van der Waals surface area contributed by atoms with Gasteiger partial charge in [0.15, 0.2) is 5.13 Å². The molecule has 100 valence electrons. The summed E-state index contributed by atoms with van der Waals surface area (Å²) >= 11 is 1.49. The molecule has 1 fully saturated rings. The minimum atomic E-state index is -0.290. The lowest BCUT2D eigenvalue weighted by Gasteiger charge is -2.31. The number of hydrogen-bond donors (Lipinski definition) is 1. The molecule has 18 heavy (non-hydrogen) atoms. The van der Waals surface area contributed by atoms with Gasteiger partial charge in [0.25, 0.3) is 0 Å². The van der Waals surface area contributed by atoms with Crippen LogP contribution in [-0.4, -0.2) is 55.6 Å². The molecule has 1 atom stereocenters. The van der Waals surface area contributed by atoms with Gasteiger partial charge in [0.1, 0.15) is 0 Å². The number of aromatic nitrogens is 1. The van der Waals surface area contributed by atoms with Gasteiger partial charge >= 0.3 is 5.97 Å². The number of morpholine rings is 1. The van der Waals surface area contributed by atoms with E-state index in [9.17, 15) is 4.79 Å². The molecular formula is C11H16N2O4S. The topological polar surface area (TPSA) is 71.9 Å². The van der Waals surface area contributed by atoms with E-state index in [0.717, 1.165) is 11.7 Å². The highest BCUT2D eigenvalue weighted by molar-refractivity contribution is 7.13. The number of anilines is 1. The number of nitrogens with zero attached hydrogens (tertiary/aromatic N) is 2. The van der Waals surface area contributed by atoms with Crippen molar-refractivity contribution in [2.45, 2.75) is 12.5 Å². The Morgan fingerprint density at radius 2 is 2.61 bits per heavy atom. The highest BCUT2D eigenvalue weighted by Crippen LogP contribution is 2.23. The van der Waals surface area contributed by atoms with E-state index in [1.54, 1.807) is 0 Å². The number of esters is 1. The zero-order valence-electron chi connectivity index (χ0n) is 10.2. The van der Waals surface area contributed by atoms with E-state index in [-0.39, 0.29) is 25.1 Å². The van der Waals surface area contributed by atoms with E-state index in [2.05, 4.69) is 14.6 Å². The van der Waals surface area contributed by atoms with Crippen LogP contribution < -0.4 is 4.90 Å². The van der Waals surface area contributed by atoms with E-state index in [0.29, 0.717) is 18.8 Å². The molecule has 1 aromatic heterocycles. The Balaban J connectivity index is 1.98. The van der Waals surface area contributed by atoms with Crippen molar-refractivity contribution >= 4 is 22.4 Å². The van der Waals surface area contributed by atoms with Crippen LogP contribution in [0.15, 0.2) is 5.38 Å². The molecule has 0 radical (unpaired) electrons. The monoisotopic (exact) mass is 272 g/mol. The van der Waals surface area contributed by atoms with Crippen LogP contribution >= 0.6 is 11.3 Å². The standard InChI is InChI=1S/C11H16N2O4S/c1-16-10(15)4-8-7-18-11(12-8)13-2-3-17-9(5-13)6-14/h7,9,14H,2-6H2,1H3. The number of carbonyl (C=O) groups excluding carboxylic acids is 1. The number of methoxy groups -OCH3 is 1. The van der Waals surface area contributed by atoms with Crippen molar-refractivity contribution in [3.8, 4) is 0 Å². The zero-order valence-corrected chi connectivity index (χ0v) is 11.0. The highest BCUT2D eigenvalue weighted by Gasteiger charge is 2.22. The molecule has 0 bridgehead atoms. The molecule has 1 saturated heterocycles. The summed E-state index contributed by atoms with van der Waals surface area (Å²) < 4.78 is 9.98. The van der Waals surface area contributed by atoms with Gasteiger partial charge in [-0.3, -0.25) is 4.79 Å². The first-order valence-electron chi connectivity index (χ1n) is 5.71. The predicted octanol–water partition coefficient (Wildman–Crippen LogP) is 0.0561. The van der Waals surface area contributed by atoms with Gasteiger partial charge in [-0.15, -0.1) is 11.3 Å². The second-order valence-corrected chi connectivity index (χ2v) is 4.83. The van der Waals surface area contributed by atoms with Gasteiger partial charge in [-0.05, 0) is 0 Å². The average Bonchev–Trinajstić information content (AvgIpc) is 2.87. The van der Waals surface area contributed by atoms with Crippen molar-refractivity contribution in [3.05, 3.63) is 11.1 Å². The fourth-order valence-corrected chi connectivity index (χ4v) is 2.61. The van der Waals surface area contributed by atoms with Crippen molar-refractivity contribution < 1.29 is 19.4 Å². The lowest BCUT2D eigenvalue weighted by atomic mass is 10.3. The molecule has 6 nitrogen and oxygen atoms in total. The highest BCUT2D eigenvalue weighted by atomic mass is 32.1. The largest absolute Gasteiger partial charge is 0.469 e. The summed E-state index contributed by atoms with van der Waals surface area (Å²) in [6.45, 7) is 1.97. The molecule has 1 unspecified atom stereocenters. The summed E-state index contributed by atoms with van der Waals surface area (Å²) in [4.78, 5) is 17.6. The molecule has 1 aliphatic heterocycles. The van der Waals surface area contributed by atoms with Crippen LogP contribution in [0.25, 0.3) is 0 Å². The van der Waals surface area contributed by atoms with Crippen LogP contribution in [-0.2, 0) is 20.7 Å². The Labute approximate surface area is 109 Å². The minimum Gasteiger partial charge on any atom is -0.469 e. The zero-order chi connectivity index (χ0) is 13.0. The van der Waals surface area contributed by atoms with Crippen molar-refractivity contribution in [2.24, 2.45) is 0 Å². The molecule has 2 heterocycles. The van der Waals surface area contributed by atoms with Gasteiger partial charge in [0, 0.05) is 18.5 Å². The van der Waals surface area contributed by atoms with E-state index < -0.39 is 0 Å². The summed E-state index contributed by atoms with van der Waals surface area (Å²) in [7, 11) is 1.36. The minimum absolute atomic E-state index is 0.0108. The van der Waals surface area contributed by atoms with Crippen molar-refractivity contribution in [1.29, 1.82) is 0 Å². The number of hydrogen-bond acceptors (Lipinski definition) is 7. The average molecular weight is 272 g/mol. The fraction of sp³-hybridized carbons (Fsp3) is 0.636. The molecule has 0 aliphatic carbocycles. The normalized spacial score (nSPS) is 19.9. The summed E-state index contributed by atoms with van der Waals surface area (Å²) in [6.07, 6.45) is 0.0348. The fourth-order valence-electron chi connectivity index (χ4n) is 1.75. The van der Waals surface area contributed by atoms with Gasteiger partial charge in [0.05, 0.1) is 38.5 Å². The molecule has 1 aromatic rings. The van der Waals surface area contributed by atoms with Crippen LogP contribution in [0, 0.1) is 0 Å². The van der Waals surface area contributed by atoms with Crippen LogP contribution in [0.4, 0.5) is 5.13 Å². The molecule has 1 aliphatic rings. The predicted molar refractivity (Wildman–Crippen MR) is 66.9 cm³/mol. The molecule has 1 N–H and O–H groups in total. The Hall–Kier alpha value is -1.18. The van der Waals surface area contributed by atoms with Crippen LogP contribution in [0.2, 0.25) is 0 Å². The smallest absolute Gasteiger partial charge is 0.311 e. The Bertz CT molecular complexity index is 410. The summed E-state index contributed by atoms with van der Waals surface area (Å²) in [5, 5.41) is 11.8. The maximum Gasteiger partial charge on any atom is 0.311 e. The molecule has 0 aromatic carbocycles. The van der Waals surface area contributed by atoms with E-state index in [1.165, 1.54) is 18.4 Å². The summed E-state index contributed by atoms with van der Waals surface area (Å²) in [5.74, 6) is -0.290. The second kappa shape index (κ2) is 6.12. The van der Waals surface area contributed by atoms with Crippen LogP contribution in [0.3, 0.4) is 0 Å². The molecular weight excluding hydrogens is 256 g/mol. The van der Waals surface area contributed by atoms with E-state index in [1.807, 2.05) is 5.38 Å². The molecule has 0 spiro atoms. The Morgan fingerprint density at radius 1 is 1.78 bits per heavy atom. The third-order valence-corrected chi connectivity index (χ3v) is 3.66. The first-order chi connectivity index (χ1) is 8.72. The third kappa shape index (κ3) is 3.18. The number of rotatable bonds is 4. The number of aliphatic hydroxyl groups is 1. The van der Waals surface area contributed by atoms with Crippen molar-refractivity contribution in [3.63, 3.8) is 0 Å². The SMILES string of the molecule is COC(=O)Cc1csc(N2CCOC(CO)C2)n1. The number of aliphatic hydroxyl groups excluding tert-OH is 1. The van der Waals surface area contributed by atoms with Crippen molar-refractivity contribution in [1.82, 2.24) is 4.98 Å². The van der Waals surface area contributed by atoms with Crippen molar-refractivity contribution in [2.75, 3.05) is 38.3 Å². The Morgan fingerprint density at radius 3 is 3.33 bits per heavy atom. The quantitative estimate of drug-likeness (QED) is 0.781. The lowest BCUT2D eigenvalue weighted by Crippen LogP contribution is -2.44. The van der Waals surface area contributed by atoms with Gasteiger partial charge in [-0.25, -0.2) is 4.98 Å². The number of thiazole rings is 1. The third-order valence-electron chi connectivity index (χ3n) is 2.71. The first-order valence-corrected chi connectivity index (χ1v) is 6.59. The van der Waals surface area contributed by atoms with Gasteiger partial charge in [-0.2, -0.15) is 0 Å². The maximum absolute atomic E-state index is 11.1. The van der Waals surface area contributed by atoms with Crippen LogP contribution in [0.1, 0.15) is 5.69 Å². The summed E-state index contributed by atoms with van der Waals surface area (Å²) in [6, 6.07) is 0. The molecule has 2 rings (SSSR count). The number of carbonyl (C=O) groups is 1.